The van der Waals surface area contributed by atoms with Crippen molar-refractivity contribution in [3.63, 3.8) is 0 Å². The first-order valence-electron chi connectivity index (χ1n) is 10.1. The fraction of sp³-hybridized carbons (Fsp3) is 0.435. The van der Waals surface area contributed by atoms with Crippen molar-refractivity contribution >= 4 is 23.0 Å². The topological polar surface area (TPSA) is 38.8 Å². The lowest BCUT2D eigenvalue weighted by atomic mass is 10.1. The molecule has 0 unspecified atom stereocenters. The van der Waals surface area contributed by atoms with Gasteiger partial charge >= 0.3 is 0 Å². The number of benzene rings is 2. The Bertz CT molecular complexity index is 767. The minimum absolute atomic E-state index is 0.0972. The molecule has 3 rings (SSSR count). The van der Waals surface area contributed by atoms with Crippen LogP contribution in [-0.4, -0.2) is 57.6 Å². The predicted molar refractivity (Wildman–Crippen MR) is 118 cm³/mol. The Morgan fingerprint density at radius 3 is 2.39 bits per heavy atom. The first-order valence-corrected chi connectivity index (χ1v) is 10.1. The number of rotatable bonds is 7. The number of nitrogens with one attached hydrogen (secondary N) is 1. The van der Waals surface area contributed by atoms with Gasteiger partial charge in [0.15, 0.2) is 0 Å². The SMILES string of the molecule is Cc1cc(NC(=O)CCCN2CCN(c3ccccc3)CC2)ccc1N(C)C. The number of hydrogen-bond donors (Lipinski definition) is 1. The van der Waals surface area contributed by atoms with E-state index in [1.807, 2.05) is 26.2 Å². The molecule has 0 aliphatic carbocycles. The Morgan fingerprint density at radius 1 is 1.04 bits per heavy atom. The molecule has 1 aliphatic rings. The number of carbonyl (C=O) groups is 1. The Balaban J connectivity index is 1.37. The zero-order valence-corrected chi connectivity index (χ0v) is 17.3. The summed E-state index contributed by atoms with van der Waals surface area (Å²) in [6.07, 6.45) is 1.46. The summed E-state index contributed by atoms with van der Waals surface area (Å²) < 4.78 is 0. The normalized spacial score (nSPS) is 14.8. The van der Waals surface area contributed by atoms with Crippen molar-refractivity contribution in [2.24, 2.45) is 0 Å². The highest BCUT2D eigenvalue weighted by molar-refractivity contribution is 5.91. The lowest BCUT2D eigenvalue weighted by Gasteiger charge is -2.36. The number of para-hydroxylation sites is 1. The van der Waals surface area contributed by atoms with E-state index in [1.54, 1.807) is 0 Å². The first-order chi connectivity index (χ1) is 13.5. The standard InChI is InChI=1S/C23H32N4O/c1-19-18-20(11-12-22(19)25(2)3)24-23(28)10-7-13-26-14-16-27(17-15-26)21-8-5-4-6-9-21/h4-6,8-9,11-12,18H,7,10,13-17H2,1-3H3,(H,24,28). The number of aryl methyl sites for hydroxylation is 1. The fourth-order valence-corrected chi connectivity index (χ4v) is 3.79. The van der Waals surface area contributed by atoms with Crippen LogP contribution in [0.15, 0.2) is 48.5 Å². The van der Waals surface area contributed by atoms with Crippen molar-refractivity contribution in [1.29, 1.82) is 0 Å². The largest absolute Gasteiger partial charge is 0.377 e. The van der Waals surface area contributed by atoms with Crippen LogP contribution in [0.1, 0.15) is 18.4 Å². The number of nitrogens with zero attached hydrogens (tertiary/aromatic N) is 3. The molecule has 1 heterocycles. The molecule has 2 aromatic carbocycles. The summed E-state index contributed by atoms with van der Waals surface area (Å²) in [4.78, 5) is 19.2. The van der Waals surface area contributed by atoms with Crippen molar-refractivity contribution < 1.29 is 4.79 Å². The molecule has 1 aliphatic heterocycles. The van der Waals surface area contributed by atoms with E-state index < -0.39 is 0 Å². The monoisotopic (exact) mass is 380 g/mol. The van der Waals surface area contributed by atoms with E-state index in [9.17, 15) is 4.79 Å². The number of anilines is 3. The summed E-state index contributed by atoms with van der Waals surface area (Å²) in [5, 5.41) is 3.03. The number of carbonyl (C=O) groups excluding carboxylic acids is 1. The summed E-state index contributed by atoms with van der Waals surface area (Å²) in [6, 6.07) is 16.7. The van der Waals surface area contributed by atoms with E-state index >= 15 is 0 Å². The highest BCUT2D eigenvalue weighted by Gasteiger charge is 2.17. The Kier molecular flexibility index (Phi) is 6.93. The summed E-state index contributed by atoms with van der Waals surface area (Å²) in [7, 11) is 4.06. The molecular weight excluding hydrogens is 348 g/mol. The predicted octanol–water partition coefficient (Wildman–Crippen LogP) is 3.60. The van der Waals surface area contributed by atoms with E-state index in [0.29, 0.717) is 6.42 Å². The Morgan fingerprint density at radius 2 is 1.75 bits per heavy atom. The van der Waals surface area contributed by atoms with Gasteiger partial charge in [0.2, 0.25) is 5.91 Å². The van der Waals surface area contributed by atoms with Gasteiger partial charge in [0.25, 0.3) is 0 Å². The molecule has 28 heavy (non-hydrogen) atoms. The van der Waals surface area contributed by atoms with Crippen LogP contribution in [0.5, 0.6) is 0 Å². The van der Waals surface area contributed by atoms with E-state index in [2.05, 4.69) is 63.3 Å². The van der Waals surface area contributed by atoms with Crippen LogP contribution < -0.4 is 15.1 Å². The molecule has 5 heteroatoms. The second-order valence-corrected chi connectivity index (χ2v) is 7.71. The van der Waals surface area contributed by atoms with Crippen molar-refractivity contribution in [2.75, 3.05) is 61.9 Å². The summed E-state index contributed by atoms with van der Waals surface area (Å²) in [5.41, 5.74) is 4.52. The molecular formula is C23H32N4O. The molecule has 2 aromatic rings. The minimum Gasteiger partial charge on any atom is -0.377 e. The fourth-order valence-electron chi connectivity index (χ4n) is 3.79. The van der Waals surface area contributed by atoms with Crippen LogP contribution in [0, 0.1) is 6.92 Å². The minimum atomic E-state index is 0.0972. The van der Waals surface area contributed by atoms with E-state index in [1.165, 1.54) is 16.9 Å². The van der Waals surface area contributed by atoms with Gasteiger partial charge in [-0.15, -0.1) is 0 Å². The Labute approximate surface area is 168 Å². The number of piperazine rings is 1. The third kappa shape index (κ3) is 5.49. The first kappa shape index (κ1) is 20.2. The molecule has 0 spiro atoms. The summed E-state index contributed by atoms with van der Waals surface area (Å²) in [5.74, 6) is 0.0972. The molecule has 5 nitrogen and oxygen atoms in total. The average Bonchev–Trinajstić information content (AvgIpc) is 2.69. The molecule has 1 N–H and O–H groups in total. The number of amides is 1. The maximum atomic E-state index is 12.3. The lowest BCUT2D eigenvalue weighted by molar-refractivity contribution is -0.116. The molecule has 150 valence electrons. The zero-order valence-electron chi connectivity index (χ0n) is 17.3. The molecule has 0 radical (unpaired) electrons. The second-order valence-electron chi connectivity index (χ2n) is 7.71. The summed E-state index contributed by atoms with van der Waals surface area (Å²) in [6.45, 7) is 7.26. The molecule has 1 amide bonds. The van der Waals surface area contributed by atoms with Gasteiger partial charge in [-0.2, -0.15) is 0 Å². The Hall–Kier alpha value is -2.53. The molecule has 0 saturated carbocycles. The van der Waals surface area contributed by atoms with Gasteiger partial charge in [0, 0.05) is 63.8 Å². The quantitative estimate of drug-likeness (QED) is 0.797. The van der Waals surface area contributed by atoms with Gasteiger partial charge < -0.3 is 15.1 Å². The van der Waals surface area contributed by atoms with Gasteiger partial charge in [0.05, 0.1) is 0 Å². The van der Waals surface area contributed by atoms with Gasteiger partial charge in [0.1, 0.15) is 0 Å². The van der Waals surface area contributed by atoms with Crippen molar-refractivity contribution in [3.05, 3.63) is 54.1 Å². The van der Waals surface area contributed by atoms with Crippen LogP contribution in [-0.2, 0) is 4.79 Å². The highest BCUT2D eigenvalue weighted by atomic mass is 16.1. The van der Waals surface area contributed by atoms with E-state index in [4.69, 9.17) is 0 Å². The molecule has 0 atom stereocenters. The van der Waals surface area contributed by atoms with Crippen molar-refractivity contribution in [2.45, 2.75) is 19.8 Å². The molecule has 1 saturated heterocycles. The van der Waals surface area contributed by atoms with Gasteiger partial charge in [-0.1, -0.05) is 18.2 Å². The summed E-state index contributed by atoms with van der Waals surface area (Å²) >= 11 is 0. The molecule has 1 fully saturated rings. The van der Waals surface area contributed by atoms with Crippen LogP contribution in [0.2, 0.25) is 0 Å². The smallest absolute Gasteiger partial charge is 0.224 e. The van der Waals surface area contributed by atoms with Crippen LogP contribution in [0.25, 0.3) is 0 Å². The van der Waals surface area contributed by atoms with Crippen LogP contribution >= 0.6 is 0 Å². The zero-order chi connectivity index (χ0) is 19.9. The van der Waals surface area contributed by atoms with Crippen molar-refractivity contribution in [3.8, 4) is 0 Å². The van der Waals surface area contributed by atoms with E-state index in [0.717, 1.165) is 44.8 Å². The van der Waals surface area contributed by atoms with Crippen LogP contribution in [0.3, 0.4) is 0 Å². The molecule has 0 aromatic heterocycles. The molecule has 0 bridgehead atoms. The van der Waals surface area contributed by atoms with Crippen LogP contribution in [0.4, 0.5) is 17.1 Å². The third-order valence-electron chi connectivity index (χ3n) is 5.33. The van der Waals surface area contributed by atoms with Crippen molar-refractivity contribution in [1.82, 2.24) is 4.90 Å². The third-order valence-corrected chi connectivity index (χ3v) is 5.33. The second kappa shape index (κ2) is 9.60. The maximum Gasteiger partial charge on any atom is 0.224 e. The van der Waals surface area contributed by atoms with Gasteiger partial charge in [-0.25, -0.2) is 0 Å². The maximum absolute atomic E-state index is 12.3. The van der Waals surface area contributed by atoms with Gasteiger partial charge in [-0.05, 0) is 55.8 Å². The lowest BCUT2D eigenvalue weighted by Crippen LogP contribution is -2.46. The highest BCUT2D eigenvalue weighted by Crippen LogP contribution is 2.22. The van der Waals surface area contributed by atoms with E-state index in [-0.39, 0.29) is 5.91 Å². The average molecular weight is 381 g/mol. The number of hydrogen-bond acceptors (Lipinski definition) is 4. The van der Waals surface area contributed by atoms with Gasteiger partial charge in [-0.3, -0.25) is 9.69 Å².